The van der Waals surface area contributed by atoms with Gasteiger partial charge in [0.2, 0.25) is 0 Å². The zero-order valence-corrected chi connectivity index (χ0v) is 13.7. The molecule has 4 aliphatic carbocycles. The standard InChI is InChI=1S/C20H18O4/c1-9(21)23-19-15-11-3-5-13(7-11)17(15)20(24-10(2)22)18-14-6-4-12(8-14)16(18)19/h3-6,11-14H,7-8H2,1-2H3/t11-,12+,13+,14-. The second kappa shape index (κ2) is 4.59. The number of carbonyl (C=O) groups excluding carboxylic acids is 2. The summed E-state index contributed by atoms with van der Waals surface area (Å²) in [5, 5.41) is 0. The van der Waals surface area contributed by atoms with Crippen molar-refractivity contribution in [2.45, 2.75) is 50.4 Å². The molecule has 1 aromatic carbocycles. The van der Waals surface area contributed by atoms with Crippen LogP contribution in [0.4, 0.5) is 0 Å². The molecule has 0 amide bonds. The monoisotopic (exact) mass is 322 g/mol. The lowest BCUT2D eigenvalue weighted by molar-refractivity contribution is -0.133. The van der Waals surface area contributed by atoms with Gasteiger partial charge in [-0.3, -0.25) is 9.59 Å². The third kappa shape index (κ3) is 1.68. The summed E-state index contributed by atoms with van der Waals surface area (Å²) < 4.78 is 11.4. The summed E-state index contributed by atoms with van der Waals surface area (Å²) in [5.41, 5.74) is 4.25. The van der Waals surface area contributed by atoms with E-state index in [-0.39, 0.29) is 35.6 Å². The van der Waals surface area contributed by atoms with Crippen LogP contribution in [0.15, 0.2) is 24.3 Å². The van der Waals surface area contributed by atoms with E-state index < -0.39 is 0 Å². The average molecular weight is 322 g/mol. The normalized spacial score (nSPS) is 29.8. The van der Waals surface area contributed by atoms with Gasteiger partial charge in [0.05, 0.1) is 0 Å². The molecule has 0 saturated carbocycles. The van der Waals surface area contributed by atoms with E-state index in [9.17, 15) is 9.59 Å². The molecule has 122 valence electrons. The van der Waals surface area contributed by atoms with Gasteiger partial charge in [-0.15, -0.1) is 0 Å². The molecule has 4 heteroatoms. The van der Waals surface area contributed by atoms with Gasteiger partial charge in [0.15, 0.2) is 0 Å². The van der Waals surface area contributed by atoms with Crippen LogP contribution in [0.25, 0.3) is 0 Å². The highest BCUT2D eigenvalue weighted by molar-refractivity contribution is 5.79. The minimum atomic E-state index is -0.293. The minimum absolute atomic E-state index is 0.252. The van der Waals surface area contributed by atoms with E-state index in [1.54, 1.807) is 0 Å². The molecule has 24 heavy (non-hydrogen) atoms. The summed E-state index contributed by atoms with van der Waals surface area (Å²) in [5.74, 6) is 1.89. The van der Waals surface area contributed by atoms with Crippen LogP contribution in [-0.4, -0.2) is 11.9 Å². The average Bonchev–Trinajstić information content (AvgIpc) is 3.27. The van der Waals surface area contributed by atoms with E-state index >= 15 is 0 Å². The number of benzene rings is 1. The highest BCUT2D eigenvalue weighted by atomic mass is 16.5. The van der Waals surface area contributed by atoms with Crippen molar-refractivity contribution in [1.29, 1.82) is 0 Å². The number of hydrogen-bond donors (Lipinski definition) is 0. The van der Waals surface area contributed by atoms with E-state index in [0.717, 1.165) is 46.6 Å². The van der Waals surface area contributed by atoms with Gasteiger partial charge in [-0.1, -0.05) is 24.3 Å². The van der Waals surface area contributed by atoms with Gasteiger partial charge >= 0.3 is 11.9 Å². The van der Waals surface area contributed by atoms with Crippen LogP contribution < -0.4 is 9.47 Å². The third-order valence-electron chi connectivity index (χ3n) is 5.70. The van der Waals surface area contributed by atoms with Gasteiger partial charge in [-0.05, 0) is 12.8 Å². The predicted molar refractivity (Wildman–Crippen MR) is 87.5 cm³/mol. The number of ether oxygens (including phenoxy) is 2. The molecule has 4 atom stereocenters. The van der Waals surface area contributed by atoms with Crippen LogP contribution in [-0.2, 0) is 9.59 Å². The lowest BCUT2D eigenvalue weighted by Crippen LogP contribution is -2.15. The number of hydrogen-bond acceptors (Lipinski definition) is 4. The first-order valence-electron chi connectivity index (χ1n) is 8.51. The van der Waals surface area contributed by atoms with Gasteiger partial charge in [-0.2, -0.15) is 0 Å². The van der Waals surface area contributed by atoms with Crippen LogP contribution in [0, 0.1) is 0 Å². The Balaban J connectivity index is 1.83. The molecule has 5 rings (SSSR count). The first-order chi connectivity index (χ1) is 11.5. The largest absolute Gasteiger partial charge is 0.426 e. The van der Waals surface area contributed by atoms with E-state index in [2.05, 4.69) is 24.3 Å². The molecule has 0 fully saturated rings. The fourth-order valence-electron chi connectivity index (χ4n) is 5.01. The Morgan fingerprint density at radius 1 is 0.708 bits per heavy atom. The molecule has 0 aliphatic heterocycles. The topological polar surface area (TPSA) is 52.6 Å². The lowest BCUT2D eigenvalue weighted by atomic mass is 9.85. The van der Waals surface area contributed by atoms with Crippen molar-refractivity contribution in [3.63, 3.8) is 0 Å². The van der Waals surface area contributed by atoms with Crippen LogP contribution in [0.2, 0.25) is 0 Å². The second-order valence-electron chi connectivity index (χ2n) is 7.17. The van der Waals surface area contributed by atoms with Crippen molar-refractivity contribution in [3.8, 4) is 11.5 Å². The second-order valence-corrected chi connectivity index (χ2v) is 7.17. The molecule has 0 saturated heterocycles. The predicted octanol–water partition coefficient (Wildman–Crippen LogP) is 3.82. The fourth-order valence-corrected chi connectivity index (χ4v) is 5.01. The summed E-state index contributed by atoms with van der Waals surface area (Å²) in [6, 6.07) is 0. The van der Waals surface area contributed by atoms with Gasteiger partial charge in [0, 0.05) is 59.8 Å². The number of allylic oxidation sites excluding steroid dienone is 4. The number of fused-ring (bicyclic) bond motifs is 10. The zero-order chi connectivity index (χ0) is 16.6. The molecular weight excluding hydrogens is 304 g/mol. The van der Waals surface area contributed by atoms with Crippen molar-refractivity contribution in [3.05, 3.63) is 46.6 Å². The molecule has 4 nitrogen and oxygen atoms in total. The van der Waals surface area contributed by atoms with Crippen LogP contribution in [0.5, 0.6) is 11.5 Å². The first-order valence-corrected chi connectivity index (χ1v) is 8.51. The van der Waals surface area contributed by atoms with Gasteiger partial charge in [-0.25, -0.2) is 0 Å². The van der Waals surface area contributed by atoms with Gasteiger partial charge in [0.1, 0.15) is 11.5 Å². The maximum Gasteiger partial charge on any atom is 0.308 e. The highest BCUT2D eigenvalue weighted by Gasteiger charge is 2.47. The maximum absolute atomic E-state index is 11.7. The van der Waals surface area contributed by atoms with Crippen molar-refractivity contribution < 1.29 is 19.1 Å². The minimum Gasteiger partial charge on any atom is -0.426 e. The molecule has 0 radical (unpaired) electrons. The molecule has 4 bridgehead atoms. The number of esters is 2. The van der Waals surface area contributed by atoms with E-state index in [4.69, 9.17) is 9.47 Å². The van der Waals surface area contributed by atoms with Crippen molar-refractivity contribution in [2.24, 2.45) is 0 Å². The quantitative estimate of drug-likeness (QED) is 0.472. The maximum atomic E-state index is 11.7. The van der Waals surface area contributed by atoms with Crippen molar-refractivity contribution >= 4 is 11.9 Å². The molecule has 0 spiro atoms. The number of carbonyl (C=O) groups is 2. The molecule has 0 aromatic heterocycles. The van der Waals surface area contributed by atoms with Gasteiger partial charge in [0.25, 0.3) is 0 Å². The Hall–Kier alpha value is -2.36. The molecule has 0 unspecified atom stereocenters. The Morgan fingerprint density at radius 2 is 1.00 bits per heavy atom. The van der Waals surface area contributed by atoms with Crippen LogP contribution >= 0.6 is 0 Å². The van der Waals surface area contributed by atoms with Gasteiger partial charge < -0.3 is 9.47 Å². The first kappa shape index (κ1) is 14.0. The summed E-state index contributed by atoms with van der Waals surface area (Å²) in [6.45, 7) is 2.90. The summed E-state index contributed by atoms with van der Waals surface area (Å²) in [7, 11) is 0. The van der Waals surface area contributed by atoms with Crippen LogP contribution in [0.3, 0.4) is 0 Å². The Morgan fingerprint density at radius 3 is 1.25 bits per heavy atom. The molecule has 0 N–H and O–H groups in total. The summed E-state index contributed by atoms with van der Waals surface area (Å²) >= 11 is 0. The Bertz CT molecular complexity index is 741. The molecule has 4 aliphatic rings. The lowest BCUT2D eigenvalue weighted by Gasteiger charge is -2.26. The Labute approximate surface area is 140 Å². The highest BCUT2D eigenvalue weighted by Crippen LogP contribution is 2.64. The van der Waals surface area contributed by atoms with Crippen LogP contribution in [0.1, 0.15) is 72.6 Å². The Kier molecular flexibility index (Phi) is 2.68. The molecular formula is C20H18O4. The summed E-state index contributed by atoms with van der Waals surface area (Å²) in [6.07, 6.45) is 10.7. The van der Waals surface area contributed by atoms with Crippen molar-refractivity contribution in [1.82, 2.24) is 0 Å². The van der Waals surface area contributed by atoms with E-state index in [1.807, 2.05) is 0 Å². The SMILES string of the molecule is CC(=O)Oc1c2c(c(OC(C)=O)c3c1[C@H]1C=C[C@@H]3C1)[C@H]1C=C[C@@H]2C1. The molecule has 1 aromatic rings. The number of rotatable bonds is 2. The summed E-state index contributed by atoms with van der Waals surface area (Å²) in [4.78, 5) is 23.5. The smallest absolute Gasteiger partial charge is 0.308 e. The zero-order valence-electron chi connectivity index (χ0n) is 13.7. The fraction of sp³-hybridized carbons (Fsp3) is 0.400. The van der Waals surface area contributed by atoms with Crippen molar-refractivity contribution in [2.75, 3.05) is 0 Å². The molecule has 0 heterocycles. The third-order valence-corrected chi connectivity index (χ3v) is 5.70. The van der Waals surface area contributed by atoms with E-state index in [0.29, 0.717) is 0 Å². The van der Waals surface area contributed by atoms with E-state index in [1.165, 1.54) is 13.8 Å².